The van der Waals surface area contributed by atoms with Crippen molar-refractivity contribution in [2.75, 3.05) is 13.7 Å². The van der Waals surface area contributed by atoms with Gasteiger partial charge in [-0.3, -0.25) is 15.6 Å². The average molecular weight is 393 g/mol. The number of benzene rings is 1. The molecule has 3 atom stereocenters. The van der Waals surface area contributed by atoms with E-state index >= 15 is 0 Å². The average Bonchev–Trinajstić information content (AvgIpc) is 2.67. The molecule has 27 heavy (non-hydrogen) atoms. The lowest BCUT2D eigenvalue weighted by Crippen LogP contribution is -2.53. The minimum absolute atomic E-state index is 0.209. The van der Waals surface area contributed by atoms with Crippen molar-refractivity contribution in [3.05, 3.63) is 29.8 Å². The standard InChI is InChI=1S/C19H28N4O3S/c1-13-5-4-6-17(14(13)2)21-19(27)23-22-18(24)12-26-20-11-15-7-9-16(25-3)10-8-15/h7-11,13-14,17H,4-6,12H2,1-3H3,(H,22,24)(H2,21,23,27)/b20-11-/t13-,14-,17+/m1/s1. The molecule has 0 unspecified atom stereocenters. The Morgan fingerprint density at radius 3 is 2.70 bits per heavy atom. The number of thiocarbonyl (C=S) groups is 1. The Balaban J connectivity index is 1.63. The Morgan fingerprint density at radius 2 is 2.00 bits per heavy atom. The van der Waals surface area contributed by atoms with Gasteiger partial charge in [0.2, 0.25) is 0 Å². The van der Waals surface area contributed by atoms with E-state index in [0.29, 0.717) is 23.0 Å². The molecule has 0 aliphatic heterocycles. The number of oxime groups is 1. The summed E-state index contributed by atoms with van der Waals surface area (Å²) >= 11 is 5.25. The SMILES string of the molecule is COc1ccc(/C=N\OCC(=O)NNC(=S)N[C@H]2CCC[C@@H](C)[C@H]2C)cc1. The van der Waals surface area contributed by atoms with Crippen LogP contribution >= 0.6 is 12.2 Å². The van der Waals surface area contributed by atoms with Crippen LogP contribution in [0.1, 0.15) is 38.7 Å². The fourth-order valence-corrected chi connectivity index (χ4v) is 3.24. The molecular weight excluding hydrogens is 364 g/mol. The Bertz CT molecular complexity index is 651. The van der Waals surface area contributed by atoms with Gasteiger partial charge in [0.15, 0.2) is 11.7 Å². The molecule has 0 saturated heterocycles. The minimum atomic E-state index is -0.365. The number of methoxy groups -OCH3 is 1. The third-order valence-corrected chi connectivity index (χ3v) is 5.15. The van der Waals surface area contributed by atoms with Gasteiger partial charge in [0.05, 0.1) is 13.3 Å². The van der Waals surface area contributed by atoms with Crippen LogP contribution < -0.4 is 20.9 Å². The summed E-state index contributed by atoms with van der Waals surface area (Å²) in [5.74, 6) is 1.62. The van der Waals surface area contributed by atoms with Gasteiger partial charge in [0.1, 0.15) is 5.75 Å². The van der Waals surface area contributed by atoms with Crippen LogP contribution in [0, 0.1) is 11.8 Å². The van der Waals surface area contributed by atoms with E-state index in [1.165, 1.54) is 19.1 Å². The van der Waals surface area contributed by atoms with E-state index in [0.717, 1.165) is 17.7 Å². The van der Waals surface area contributed by atoms with Gasteiger partial charge in [-0.1, -0.05) is 31.8 Å². The van der Waals surface area contributed by atoms with Crippen molar-refractivity contribution in [1.29, 1.82) is 0 Å². The molecule has 2 rings (SSSR count). The molecule has 8 heteroatoms. The van der Waals surface area contributed by atoms with Gasteiger partial charge in [0, 0.05) is 6.04 Å². The molecule has 1 fully saturated rings. The minimum Gasteiger partial charge on any atom is -0.497 e. The maximum absolute atomic E-state index is 11.8. The lowest BCUT2D eigenvalue weighted by molar-refractivity contribution is -0.126. The van der Waals surface area contributed by atoms with Gasteiger partial charge in [-0.15, -0.1) is 0 Å². The van der Waals surface area contributed by atoms with Crippen LogP contribution in [0.2, 0.25) is 0 Å². The maximum atomic E-state index is 11.8. The zero-order valence-corrected chi connectivity index (χ0v) is 16.8. The number of rotatable bonds is 6. The van der Waals surface area contributed by atoms with E-state index in [-0.39, 0.29) is 12.5 Å². The first kappa shape index (κ1) is 21.0. The number of carbonyl (C=O) groups excluding carboxylic acids is 1. The van der Waals surface area contributed by atoms with Gasteiger partial charge in [0.25, 0.3) is 5.91 Å². The topological polar surface area (TPSA) is 84.0 Å². The second-order valence-corrected chi connectivity index (χ2v) is 7.21. The lowest BCUT2D eigenvalue weighted by atomic mass is 9.78. The third-order valence-electron chi connectivity index (χ3n) is 4.93. The maximum Gasteiger partial charge on any atom is 0.279 e. The summed E-state index contributed by atoms with van der Waals surface area (Å²) in [4.78, 5) is 16.8. The first-order valence-corrected chi connectivity index (χ1v) is 9.55. The van der Waals surface area contributed by atoms with Crippen LogP contribution in [0.15, 0.2) is 29.4 Å². The van der Waals surface area contributed by atoms with Crippen molar-refractivity contribution in [2.45, 2.75) is 39.2 Å². The Labute approximate surface area is 165 Å². The number of hydrogen-bond donors (Lipinski definition) is 3. The van der Waals surface area contributed by atoms with Gasteiger partial charge >= 0.3 is 0 Å². The highest BCUT2D eigenvalue weighted by molar-refractivity contribution is 7.80. The van der Waals surface area contributed by atoms with Crippen molar-refractivity contribution < 1.29 is 14.4 Å². The fourth-order valence-electron chi connectivity index (χ4n) is 3.04. The summed E-state index contributed by atoms with van der Waals surface area (Å²) < 4.78 is 5.08. The largest absolute Gasteiger partial charge is 0.497 e. The molecule has 1 aromatic carbocycles. The number of nitrogens with one attached hydrogen (secondary N) is 3. The zero-order valence-electron chi connectivity index (χ0n) is 16.0. The highest BCUT2D eigenvalue weighted by atomic mass is 32.1. The molecule has 1 aromatic rings. The molecule has 1 amide bonds. The van der Waals surface area contributed by atoms with Gasteiger partial charge in [-0.2, -0.15) is 0 Å². The molecule has 1 aliphatic rings. The predicted molar refractivity (Wildman–Crippen MR) is 110 cm³/mol. The molecule has 0 spiro atoms. The highest BCUT2D eigenvalue weighted by Gasteiger charge is 2.27. The summed E-state index contributed by atoms with van der Waals surface area (Å²) in [6, 6.07) is 7.64. The summed E-state index contributed by atoms with van der Waals surface area (Å²) in [6.45, 7) is 4.29. The molecular formula is C19H28N4O3S. The molecule has 0 heterocycles. The Hall–Kier alpha value is -2.35. The van der Waals surface area contributed by atoms with E-state index < -0.39 is 0 Å². The fraction of sp³-hybridized carbons (Fsp3) is 0.526. The third kappa shape index (κ3) is 7.05. The van der Waals surface area contributed by atoms with Gasteiger partial charge < -0.3 is 14.9 Å². The molecule has 7 nitrogen and oxygen atoms in total. The number of amides is 1. The Morgan fingerprint density at radius 1 is 1.26 bits per heavy atom. The molecule has 3 N–H and O–H groups in total. The van der Waals surface area contributed by atoms with Crippen molar-refractivity contribution in [3.63, 3.8) is 0 Å². The number of hydrazine groups is 1. The number of carbonyl (C=O) groups is 1. The van der Waals surface area contributed by atoms with Gasteiger partial charge in [-0.25, -0.2) is 0 Å². The highest BCUT2D eigenvalue weighted by Crippen LogP contribution is 2.29. The quantitative estimate of drug-likeness (QED) is 0.392. The van der Waals surface area contributed by atoms with Crippen LogP contribution in [0.4, 0.5) is 0 Å². The van der Waals surface area contributed by atoms with E-state index in [1.807, 2.05) is 24.3 Å². The van der Waals surface area contributed by atoms with Crippen LogP contribution in [0.3, 0.4) is 0 Å². The van der Waals surface area contributed by atoms with E-state index in [4.69, 9.17) is 21.8 Å². The molecule has 0 radical (unpaired) electrons. The number of hydrogen-bond acceptors (Lipinski definition) is 5. The monoisotopic (exact) mass is 392 g/mol. The molecule has 1 saturated carbocycles. The van der Waals surface area contributed by atoms with Crippen molar-refractivity contribution in [1.82, 2.24) is 16.2 Å². The van der Waals surface area contributed by atoms with Crippen molar-refractivity contribution >= 4 is 29.5 Å². The first-order valence-electron chi connectivity index (χ1n) is 9.14. The number of ether oxygens (including phenoxy) is 1. The molecule has 0 aromatic heterocycles. The molecule has 0 bridgehead atoms. The van der Waals surface area contributed by atoms with Crippen LogP contribution in [-0.4, -0.2) is 37.0 Å². The Kier molecular flexibility index (Phi) is 8.32. The van der Waals surface area contributed by atoms with Crippen LogP contribution in [0.5, 0.6) is 5.75 Å². The summed E-state index contributed by atoms with van der Waals surface area (Å²) in [5, 5.41) is 7.46. The first-order chi connectivity index (χ1) is 13.0. The van der Waals surface area contributed by atoms with E-state index in [1.54, 1.807) is 7.11 Å². The van der Waals surface area contributed by atoms with Crippen molar-refractivity contribution in [2.24, 2.45) is 17.0 Å². The van der Waals surface area contributed by atoms with Crippen LogP contribution in [0.25, 0.3) is 0 Å². The van der Waals surface area contributed by atoms with Crippen LogP contribution in [-0.2, 0) is 9.63 Å². The second-order valence-electron chi connectivity index (χ2n) is 6.80. The van der Waals surface area contributed by atoms with Gasteiger partial charge in [-0.05, 0) is 60.3 Å². The summed E-state index contributed by atoms with van der Waals surface area (Å²) in [6.07, 6.45) is 5.06. The second kappa shape index (κ2) is 10.7. The molecule has 1 aliphatic carbocycles. The number of nitrogens with zero attached hydrogens (tertiary/aromatic N) is 1. The van der Waals surface area contributed by atoms with E-state index in [2.05, 4.69) is 35.2 Å². The predicted octanol–water partition coefficient (Wildman–Crippen LogP) is 2.37. The smallest absolute Gasteiger partial charge is 0.279 e. The summed E-state index contributed by atoms with van der Waals surface area (Å²) in [7, 11) is 1.61. The van der Waals surface area contributed by atoms with E-state index in [9.17, 15) is 4.79 Å². The normalized spacial score (nSPS) is 22.1. The lowest BCUT2D eigenvalue weighted by Gasteiger charge is -2.35. The van der Waals surface area contributed by atoms with Crippen molar-refractivity contribution in [3.8, 4) is 5.75 Å². The summed E-state index contributed by atoms with van der Waals surface area (Å²) in [5.41, 5.74) is 6.06. The molecule has 148 valence electrons. The zero-order chi connectivity index (χ0) is 19.6.